The normalized spacial score (nSPS) is 13.9. The molecule has 3 aromatic carbocycles. The van der Waals surface area contributed by atoms with Crippen molar-refractivity contribution >= 4 is 17.5 Å². The standard InChI is InChI=1S/C28H31N3O3/c1-30(20-22-10-4-2-5-11-22)28(33)25-14-8-9-15-26(25)31-18-16-23(17-19-31)29-27(32)21-34-24-12-6-3-7-13-24/h2-15,23H,16-21H2,1H3,(H,29,32). The molecule has 0 saturated carbocycles. The summed E-state index contributed by atoms with van der Waals surface area (Å²) in [6.07, 6.45) is 1.64. The minimum Gasteiger partial charge on any atom is -0.484 e. The average molecular weight is 458 g/mol. The Kier molecular flexibility index (Phi) is 7.81. The van der Waals surface area contributed by atoms with Crippen LogP contribution in [0.5, 0.6) is 5.75 Å². The van der Waals surface area contributed by atoms with Crippen molar-refractivity contribution in [2.75, 3.05) is 31.6 Å². The predicted octanol–water partition coefficient (Wildman–Crippen LogP) is 4.12. The molecule has 1 aliphatic heterocycles. The Labute approximate surface area is 201 Å². The minimum atomic E-state index is -0.111. The summed E-state index contributed by atoms with van der Waals surface area (Å²) in [5.74, 6) is 0.583. The van der Waals surface area contributed by atoms with Gasteiger partial charge in [0.1, 0.15) is 5.75 Å². The second-order valence-corrected chi connectivity index (χ2v) is 8.59. The van der Waals surface area contributed by atoms with Crippen LogP contribution >= 0.6 is 0 Å². The fourth-order valence-electron chi connectivity index (χ4n) is 4.26. The largest absolute Gasteiger partial charge is 0.484 e. The number of nitrogens with zero attached hydrogens (tertiary/aromatic N) is 2. The van der Waals surface area contributed by atoms with Crippen LogP contribution in [0, 0.1) is 0 Å². The van der Waals surface area contributed by atoms with Gasteiger partial charge in [-0.3, -0.25) is 9.59 Å². The molecule has 2 amide bonds. The van der Waals surface area contributed by atoms with Crippen molar-refractivity contribution in [2.24, 2.45) is 0 Å². The molecular formula is C28H31N3O3. The van der Waals surface area contributed by atoms with Crippen LogP contribution in [0.15, 0.2) is 84.9 Å². The van der Waals surface area contributed by atoms with E-state index in [2.05, 4.69) is 10.2 Å². The minimum absolute atomic E-state index is 0.00735. The fourth-order valence-corrected chi connectivity index (χ4v) is 4.26. The van der Waals surface area contributed by atoms with Crippen molar-refractivity contribution in [1.29, 1.82) is 0 Å². The third-order valence-electron chi connectivity index (χ3n) is 6.06. The SMILES string of the molecule is CN(Cc1ccccc1)C(=O)c1ccccc1N1CCC(NC(=O)COc2ccccc2)CC1. The van der Waals surface area contributed by atoms with Crippen molar-refractivity contribution in [2.45, 2.75) is 25.4 Å². The lowest BCUT2D eigenvalue weighted by Crippen LogP contribution is -2.46. The summed E-state index contributed by atoms with van der Waals surface area (Å²) in [5, 5.41) is 3.08. The molecule has 3 aromatic rings. The highest BCUT2D eigenvalue weighted by Gasteiger charge is 2.25. The van der Waals surface area contributed by atoms with Crippen LogP contribution in [-0.2, 0) is 11.3 Å². The zero-order valence-electron chi connectivity index (χ0n) is 19.5. The van der Waals surface area contributed by atoms with Gasteiger partial charge in [0.15, 0.2) is 6.61 Å². The van der Waals surface area contributed by atoms with Crippen molar-refractivity contribution in [3.05, 3.63) is 96.1 Å². The molecule has 1 heterocycles. The Balaban J connectivity index is 1.31. The maximum absolute atomic E-state index is 13.2. The van der Waals surface area contributed by atoms with Crippen molar-refractivity contribution in [1.82, 2.24) is 10.2 Å². The summed E-state index contributed by atoms with van der Waals surface area (Å²) in [6.45, 7) is 2.12. The smallest absolute Gasteiger partial charge is 0.258 e. The first-order valence-electron chi connectivity index (χ1n) is 11.7. The highest BCUT2D eigenvalue weighted by molar-refractivity contribution is 5.99. The number of nitrogens with one attached hydrogen (secondary N) is 1. The molecule has 0 atom stereocenters. The number of hydrogen-bond donors (Lipinski definition) is 1. The summed E-state index contributed by atoms with van der Waals surface area (Å²) in [4.78, 5) is 29.5. The molecule has 4 rings (SSSR count). The lowest BCUT2D eigenvalue weighted by molar-refractivity contribution is -0.123. The molecule has 1 N–H and O–H groups in total. The number of carbonyl (C=O) groups is 2. The maximum atomic E-state index is 13.2. The molecule has 1 saturated heterocycles. The van der Waals surface area contributed by atoms with Crippen LogP contribution < -0.4 is 15.0 Å². The van der Waals surface area contributed by atoms with Gasteiger partial charge in [-0.1, -0.05) is 60.7 Å². The summed E-state index contributed by atoms with van der Waals surface area (Å²) in [5.41, 5.74) is 2.76. The molecule has 1 fully saturated rings. The van der Waals surface area contributed by atoms with Crippen LogP contribution in [0.25, 0.3) is 0 Å². The zero-order valence-corrected chi connectivity index (χ0v) is 19.5. The van der Waals surface area contributed by atoms with Gasteiger partial charge in [0.2, 0.25) is 0 Å². The summed E-state index contributed by atoms with van der Waals surface area (Å²) < 4.78 is 5.54. The topological polar surface area (TPSA) is 61.9 Å². The van der Waals surface area contributed by atoms with E-state index in [1.165, 1.54) is 0 Å². The van der Waals surface area contributed by atoms with Gasteiger partial charge in [-0.05, 0) is 42.7 Å². The third kappa shape index (κ3) is 6.16. The first-order valence-corrected chi connectivity index (χ1v) is 11.7. The lowest BCUT2D eigenvalue weighted by atomic mass is 10.0. The van der Waals surface area contributed by atoms with Gasteiger partial charge >= 0.3 is 0 Å². The highest BCUT2D eigenvalue weighted by atomic mass is 16.5. The summed E-state index contributed by atoms with van der Waals surface area (Å²) in [7, 11) is 1.84. The first kappa shape index (κ1) is 23.4. The van der Waals surface area contributed by atoms with Crippen molar-refractivity contribution < 1.29 is 14.3 Å². The van der Waals surface area contributed by atoms with E-state index in [-0.39, 0.29) is 24.5 Å². The van der Waals surface area contributed by atoms with E-state index in [9.17, 15) is 9.59 Å². The molecule has 0 aliphatic carbocycles. The Hall–Kier alpha value is -3.80. The van der Waals surface area contributed by atoms with E-state index in [0.29, 0.717) is 17.9 Å². The molecule has 6 nitrogen and oxygen atoms in total. The number of anilines is 1. The molecule has 1 aliphatic rings. The monoisotopic (exact) mass is 457 g/mol. The number of amides is 2. The molecule has 34 heavy (non-hydrogen) atoms. The third-order valence-corrected chi connectivity index (χ3v) is 6.06. The van der Waals surface area contributed by atoms with Crippen LogP contribution in [-0.4, -0.2) is 49.5 Å². The van der Waals surface area contributed by atoms with Gasteiger partial charge in [0.25, 0.3) is 11.8 Å². The van der Waals surface area contributed by atoms with Gasteiger partial charge in [-0.15, -0.1) is 0 Å². The number of benzene rings is 3. The van der Waals surface area contributed by atoms with E-state index in [1.54, 1.807) is 4.90 Å². The first-order chi connectivity index (χ1) is 16.6. The molecule has 176 valence electrons. The number of carbonyl (C=O) groups excluding carboxylic acids is 2. The molecule has 0 radical (unpaired) electrons. The van der Waals surface area contributed by atoms with Gasteiger partial charge in [0, 0.05) is 38.4 Å². The Bertz CT molecular complexity index is 1080. The Morgan fingerprint density at radius 2 is 1.53 bits per heavy atom. The van der Waals surface area contributed by atoms with Crippen LogP contribution in [0.2, 0.25) is 0 Å². The van der Waals surface area contributed by atoms with Gasteiger partial charge in [-0.2, -0.15) is 0 Å². The lowest BCUT2D eigenvalue weighted by Gasteiger charge is -2.35. The maximum Gasteiger partial charge on any atom is 0.258 e. The number of hydrogen-bond acceptors (Lipinski definition) is 4. The van der Waals surface area contributed by atoms with Gasteiger partial charge in [-0.25, -0.2) is 0 Å². The second kappa shape index (κ2) is 11.4. The molecular weight excluding hydrogens is 426 g/mol. The van der Waals surface area contributed by atoms with Crippen LogP contribution in [0.1, 0.15) is 28.8 Å². The Morgan fingerprint density at radius 1 is 0.912 bits per heavy atom. The molecule has 6 heteroatoms. The molecule has 0 bridgehead atoms. The second-order valence-electron chi connectivity index (χ2n) is 8.59. The fraction of sp³-hybridized carbons (Fsp3) is 0.286. The number of piperidine rings is 1. The molecule has 0 unspecified atom stereocenters. The summed E-state index contributed by atoms with van der Waals surface area (Å²) >= 11 is 0. The van der Waals surface area contributed by atoms with Crippen molar-refractivity contribution in [3.8, 4) is 5.75 Å². The zero-order chi connectivity index (χ0) is 23.8. The van der Waals surface area contributed by atoms with Gasteiger partial charge < -0.3 is 19.9 Å². The molecule has 0 aromatic heterocycles. The van der Waals surface area contributed by atoms with E-state index >= 15 is 0 Å². The number of ether oxygens (including phenoxy) is 1. The van der Waals surface area contributed by atoms with Crippen molar-refractivity contribution in [3.63, 3.8) is 0 Å². The number of rotatable bonds is 8. The Morgan fingerprint density at radius 3 is 2.24 bits per heavy atom. The van der Waals surface area contributed by atoms with Gasteiger partial charge in [0.05, 0.1) is 5.56 Å². The van der Waals surface area contributed by atoms with Crippen LogP contribution in [0.4, 0.5) is 5.69 Å². The van der Waals surface area contributed by atoms with E-state index in [4.69, 9.17) is 4.74 Å². The van der Waals surface area contributed by atoms with E-state index in [0.717, 1.165) is 37.2 Å². The molecule has 0 spiro atoms. The number of para-hydroxylation sites is 2. The predicted molar refractivity (Wildman–Crippen MR) is 134 cm³/mol. The quantitative estimate of drug-likeness (QED) is 0.553. The highest BCUT2D eigenvalue weighted by Crippen LogP contribution is 2.26. The van der Waals surface area contributed by atoms with E-state index < -0.39 is 0 Å². The van der Waals surface area contributed by atoms with Crippen LogP contribution in [0.3, 0.4) is 0 Å². The summed E-state index contributed by atoms with van der Waals surface area (Å²) in [6, 6.07) is 27.2. The van der Waals surface area contributed by atoms with E-state index in [1.807, 2.05) is 92.0 Å². The average Bonchev–Trinajstić information content (AvgIpc) is 2.89.